The predicted molar refractivity (Wildman–Crippen MR) is 112 cm³/mol. The summed E-state index contributed by atoms with van der Waals surface area (Å²) in [5, 5.41) is 12.4. The van der Waals surface area contributed by atoms with E-state index in [9.17, 15) is 4.79 Å². The summed E-state index contributed by atoms with van der Waals surface area (Å²) in [5.74, 6) is 1.18. The van der Waals surface area contributed by atoms with Crippen molar-refractivity contribution in [1.29, 1.82) is 0 Å². The van der Waals surface area contributed by atoms with Crippen molar-refractivity contribution >= 4 is 34.1 Å². The second kappa shape index (κ2) is 10.1. The molecule has 0 spiro atoms. The number of aromatic nitrogens is 2. The molecule has 0 unspecified atom stereocenters. The van der Waals surface area contributed by atoms with Gasteiger partial charge in [0.15, 0.2) is 4.34 Å². The first kappa shape index (κ1) is 20.1. The number of nitrogens with zero attached hydrogens (tertiary/aromatic N) is 4. The number of benzene rings is 1. The van der Waals surface area contributed by atoms with E-state index in [4.69, 9.17) is 0 Å². The van der Waals surface area contributed by atoms with Crippen molar-refractivity contribution in [2.45, 2.75) is 24.7 Å². The molecule has 1 aliphatic rings. The molecule has 1 N–H and O–H groups in total. The fraction of sp³-hybridized carbons (Fsp3) is 0.526. The molecule has 0 radical (unpaired) electrons. The van der Waals surface area contributed by atoms with Crippen LogP contribution in [-0.4, -0.2) is 64.4 Å². The molecule has 2 aromatic rings. The number of piperazine rings is 1. The standard InChI is InChI=1S/C19H27N5OS2/c1-15(2)12-20-18-21-22-19(27-18)26-14-17(25)24-10-8-23(9-11-24)13-16-6-4-3-5-7-16/h3-7,15H,8-14H2,1-2H3,(H,20,21). The van der Waals surface area contributed by atoms with Gasteiger partial charge in [-0.3, -0.25) is 9.69 Å². The van der Waals surface area contributed by atoms with Crippen molar-refractivity contribution in [3.05, 3.63) is 35.9 Å². The third kappa shape index (κ3) is 6.48. The van der Waals surface area contributed by atoms with E-state index >= 15 is 0 Å². The van der Waals surface area contributed by atoms with E-state index in [-0.39, 0.29) is 5.91 Å². The summed E-state index contributed by atoms with van der Waals surface area (Å²) >= 11 is 3.00. The van der Waals surface area contributed by atoms with Crippen molar-refractivity contribution in [2.75, 3.05) is 43.8 Å². The highest BCUT2D eigenvalue weighted by molar-refractivity contribution is 8.01. The molecule has 1 aromatic heterocycles. The monoisotopic (exact) mass is 405 g/mol. The summed E-state index contributed by atoms with van der Waals surface area (Å²) in [5.41, 5.74) is 1.32. The van der Waals surface area contributed by atoms with Crippen LogP contribution in [0.2, 0.25) is 0 Å². The number of hydrogen-bond donors (Lipinski definition) is 1. The van der Waals surface area contributed by atoms with Crippen LogP contribution in [0.1, 0.15) is 19.4 Å². The van der Waals surface area contributed by atoms with Crippen LogP contribution in [0, 0.1) is 5.92 Å². The molecule has 1 aromatic carbocycles. The predicted octanol–water partition coefficient (Wildman–Crippen LogP) is 3.04. The van der Waals surface area contributed by atoms with E-state index < -0.39 is 0 Å². The number of carbonyl (C=O) groups is 1. The Morgan fingerprint density at radius 3 is 2.63 bits per heavy atom. The Bertz CT molecular complexity index is 714. The van der Waals surface area contributed by atoms with E-state index in [1.165, 1.54) is 28.7 Å². The van der Waals surface area contributed by atoms with Gasteiger partial charge in [0.2, 0.25) is 11.0 Å². The normalized spacial score (nSPS) is 15.3. The van der Waals surface area contributed by atoms with Crippen LogP contribution < -0.4 is 5.32 Å². The molecule has 3 rings (SSSR count). The molecule has 1 saturated heterocycles. The molecule has 1 amide bonds. The fourth-order valence-electron chi connectivity index (χ4n) is 2.84. The topological polar surface area (TPSA) is 61.4 Å². The van der Waals surface area contributed by atoms with Crippen LogP contribution in [0.5, 0.6) is 0 Å². The van der Waals surface area contributed by atoms with Gasteiger partial charge in [0.05, 0.1) is 5.75 Å². The highest BCUT2D eigenvalue weighted by Crippen LogP contribution is 2.26. The number of anilines is 1. The van der Waals surface area contributed by atoms with Gasteiger partial charge in [-0.1, -0.05) is 67.3 Å². The Balaban J connectivity index is 1.38. The molecule has 6 nitrogen and oxygen atoms in total. The minimum atomic E-state index is 0.186. The van der Waals surface area contributed by atoms with Crippen LogP contribution in [-0.2, 0) is 11.3 Å². The van der Waals surface area contributed by atoms with Crippen molar-refractivity contribution in [3.63, 3.8) is 0 Å². The van der Waals surface area contributed by atoms with Crippen LogP contribution in [0.4, 0.5) is 5.13 Å². The largest absolute Gasteiger partial charge is 0.360 e. The molecule has 146 valence electrons. The van der Waals surface area contributed by atoms with Crippen LogP contribution in [0.15, 0.2) is 34.7 Å². The average molecular weight is 406 g/mol. The van der Waals surface area contributed by atoms with Crippen molar-refractivity contribution in [2.24, 2.45) is 5.92 Å². The highest BCUT2D eigenvalue weighted by Gasteiger charge is 2.21. The van der Waals surface area contributed by atoms with Gasteiger partial charge in [-0.2, -0.15) is 0 Å². The fourth-order valence-corrected chi connectivity index (χ4v) is 4.50. The second-order valence-electron chi connectivity index (χ2n) is 7.08. The first-order valence-corrected chi connectivity index (χ1v) is 11.1. The maximum Gasteiger partial charge on any atom is 0.233 e. The lowest BCUT2D eigenvalue weighted by Gasteiger charge is -2.34. The number of hydrogen-bond acceptors (Lipinski definition) is 7. The Morgan fingerprint density at radius 2 is 1.93 bits per heavy atom. The molecule has 1 aliphatic heterocycles. The number of nitrogens with one attached hydrogen (secondary N) is 1. The first-order chi connectivity index (χ1) is 13.1. The van der Waals surface area contributed by atoms with E-state index in [0.29, 0.717) is 11.7 Å². The van der Waals surface area contributed by atoms with E-state index in [1.807, 2.05) is 11.0 Å². The van der Waals surface area contributed by atoms with Gasteiger partial charge in [-0.15, -0.1) is 10.2 Å². The zero-order valence-electron chi connectivity index (χ0n) is 15.9. The number of thioether (sulfide) groups is 1. The minimum absolute atomic E-state index is 0.186. The average Bonchev–Trinajstić information content (AvgIpc) is 3.14. The smallest absolute Gasteiger partial charge is 0.233 e. The summed E-state index contributed by atoms with van der Waals surface area (Å²) in [6.45, 7) is 9.58. The van der Waals surface area contributed by atoms with Gasteiger partial charge in [0, 0.05) is 39.3 Å². The van der Waals surface area contributed by atoms with Crippen molar-refractivity contribution in [3.8, 4) is 0 Å². The zero-order valence-corrected chi connectivity index (χ0v) is 17.6. The Kier molecular flexibility index (Phi) is 7.49. The maximum atomic E-state index is 12.5. The van der Waals surface area contributed by atoms with Gasteiger partial charge >= 0.3 is 0 Å². The van der Waals surface area contributed by atoms with Gasteiger partial charge in [-0.25, -0.2) is 0 Å². The molecule has 0 bridgehead atoms. The van der Waals surface area contributed by atoms with Gasteiger partial charge in [0.1, 0.15) is 0 Å². The summed E-state index contributed by atoms with van der Waals surface area (Å²) in [6.07, 6.45) is 0. The van der Waals surface area contributed by atoms with E-state index in [2.05, 4.69) is 58.5 Å². The number of rotatable bonds is 8. The molecule has 27 heavy (non-hydrogen) atoms. The van der Waals surface area contributed by atoms with Crippen molar-refractivity contribution in [1.82, 2.24) is 20.0 Å². The lowest BCUT2D eigenvalue weighted by atomic mass is 10.2. The van der Waals surface area contributed by atoms with E-state index in [1.54, 1.807) is 0 Å². The summed E-state index contributed by atoms with van der Waals surface area (Å²) < 4.78 is 0.845. The maximum absolute atomic E-state index is 12.5. The summed E-state index contributed by atoms with van der Waals surface area (Å²) in [7, 11) is 0. The molecule has 2 heterocycles. The zero-order chi connectivity index (χ0) is 19.1. The molecule has 0 saturated carbocycles. The Morgan fingerprint density at radius 1 is 1.19 bits per heavy atom. The van der Waals surface area contributed by atoms with Gasteiger partial charge in [-0.05, 0) is 11.5 Å². The molecule has 0 aliphatic carbocycles. The van der Waals surface area contributed by atoms with Crippen molar-refractivity contribution < 1.29 is 4.79 Å². The lowest BCUT2D eigenvalue weighted by Crippen LogP contribution is -2.48. The molecule has 0 atom stereocenters. The molecule has 8 heteroatoms. The van der Waals surface area contributed by atoms with Gasteiger partial charge < -0.3 is 10.2 Å². The molecular weight excluding hydrogens is 378 g/mol. The third-order valence-corrected chi connectivity index (χ3v) is 6.36. The molecule has 1 fully saturated rings. The third-order valence-electron chi connectivity index (χ3n) is 4.36. The number of amides is 1. The van der Waals surface area contributed by atoms with E-state index in [0.717, 1.165) is 48.7 Å². The number of carbonyl (C=O) groups excluding carboxylic acids is 1. The van der Waals surface area contributed by atoms with Crippen LogP contribution in [0.3, 0.4) is 0 Å². The Labute approximate surface area is 169 Å². The van der Waals surface area contributed by atoms with Gasteiger partial charge in [0.25, 0.3) is 0 Å². The Hall–Kier alpha value is -1.64. The first-order valence-electron chi connectivity index (χ1n) is 9.34. The summed E-state index contributed by atoms with van der Waals surface area (Å²) in [6, 6.07) is 10.5. The summed E-state index contributed by atoms with van der Waals surface area (Å²) in [4.78, 5) is 16.9. The van der Waals surface area contributed by atoms with Crippen LogP contribution in [0.25, 0.3) is 0 Å². The van der Waals surface area contributed by atoms with Crippen LogP contribution >= 0.6 is 23.1 Å². The lowest BCUT2D eigenvalue weighted by molar-refractivity contribution is -0.130. The minimum Gasteiger partial charge on any atom is -0.360 e. The SMILES string of the molecule is CC(C)CNc1nnc(SCC(=O)N2CCN(Cc3ccccc3)CC2)s1. The molecular formula is C19H27N5OS2. The quantitative estimate of drug-likeness (QED) is 0.681. The second-order valence-corrected chi connectivity index (χ2v) is 9.28. The highest BCUT2D eigenvalue weighted by atomic mass is 32.2.